The molecular formula is C24H35NO3. The van der Waals surface area contributed by atoms with E-state index in [9.17, 15) is 15.0 Å². The van der Waals surface area contributed by atoms with E-state index >= 15 is 0 Å². The van der Waals surface area contributed by atoms with Crippen LogP contribution in [0.3, 0.4) is 0 Å². The van der Waals surface area contributed by atoms with Crippen molar-refractivity contribution >= 4 is 0 Å². The average Bonchev–Trinajstić information content (AvgIpc) is 2.57. The molecule has 2 aromatic rings. The van der Waals surface area contributed by atoms with E-state index < -0.39 is 0 Å². The van der Waals surface area contributed by atoms with Gasteiger partial charge in [-0.05, 0) is 53.7 Å². The molecule has 0 atom stereocenters. The third-order valence-corrected chi connectivity index (χ3v) is 5.31. The normalized spacial score (nSPS) is 12.4. The molecule has 0 aliphatic carbocycles. The van der Waals surface area contributed by atoms with Crippen molar-refractivity contribution < 1.29 is 10.2 Å². The number of benzene rings is 1. The van der Waals surface area contributed by atoms with E-state index in [2.05, 4.69) is 53.7 Å². The van der Waals surface area contributed by atoms with Gasteiger partial charge < -0.3 is 14.8 Å². The van der Waals surface area contributed by atoms with Crippen molar-refractivity contribution in [2.24, 2.45) is 0 Å². The van der Waals surface area contributed by atoms with Crippen LogP contribution < -0.4 is 5.43 Å². The van der Waals surface area contributed by atoms with E-state index in [1.54, 1.807) is 13.1 Å². The molecule has 2 rings (SSSR count). The molecule has 1 aromatic carbocycles. The maximum atomic E-state index is 11.5. The first-order chi connectivity index (χ1) is 12.8. The van der Waals surface area contributed by atoms with E-state index in [4.69, 9.17) is 0 Å². The number of hydrogen-bond acceptors (Lipinski definition) is 3. The maximum absolute atomic E-state index is 11.5. The lowest BCUT2D eigenvalue weighted by Crippen LogP contribution is -2.18. The summed E-state index contributed by atoms with van der Waals surface area (Å²) in [6, 6.07) is 5.69. The first-order valence-corrected chi connectivity index (χ1v) is 10.1. The second-order valence-electron chi connectivity index (χ2n) is 9.80. The number of phenols is 1. The first kappa shape index (κ1) is 22.1. The van der Waals surface area contributed by atoms with Crippen molar-refractivity contribution in [2.45, 2.75) is 85.1 Å². The van der Waals surface area contributed by atoms with Crippen LogP contribution in [0.5, 0.6) is 11.5 Å². The Kier molecular flexibility index (Phi) is 6.32. The van der Waals surface area contributed by atoms with Crippen LogP contribution in [0.2, 0.25) is 0 Å². The lowest BCUT2D eigenvalue weighted by atomic mass is 9.78. The molecule has 0 unspecified atom stereocenters. The first-order valence-electron chi connectivity index (χ1n) is 10.1. The number of aromatic hydroxyl groups is 2. The minimum absolute atomic E-state index is 0.120. The number of hydrogen-bond donors (Lipinski definition) is 2. The number of aromatic nitrogens is 1. The van der Waals surface area contributed by atoms with E-state index in [0.29, 0.717) is 11.4 Å². The van der Waals surface area contributed by atoms with Gasteiger partial charge in [0, 0.05) is 18.8 Å². The van der Waals surface area contributed by atoms with Gasteiger partial charge in [-0.1, -0.05) is 53.7 Å². The van der Waals surface area contributed by atoms with Gasteiger partial charge in [-0.25, -0.2) is 0 Å². The van der Waals surface area contributed by atoms with Crippen LogP contribution in [0.15, 0.2) is 29.2 Å². The topological polar surface area (TPSA) is 62.5 Å². The van der Waals surface area contributed by atoms with Gasteiger partial charge in [-0.3, -0.25) is 4.79 Å². The van der Waals surface area contributed by atoms with Gasteiger partial charge >= 0.3 is 0 Å². The fourth-order valence-corrected chi connectivity index (χ4v) is 3.50. The van der Waals surface area contributed by atoms with Crippen molar-refractivity contribution in [3.05, 3.63) is 57.0 Å². The lowest BCUT2D eigenvalue weighted by Gasteiger charge is -2.28. The Morgan fingerprint density at radius 2 is 1.43 bits per heavy atom. The van der Waals surface area contributed by atoms with Gasteiger partial charge in [-0.2, -0.15) is 0 Å². The zero-order valence-electron chi connectivity index (χ0n) is 18.4. The van der Waals surface area contributed by atoms with E-state index in [1.807, 2.05) is 4.57 Å². The zero-order chi connectivity index (χ0) is 21.3. The van der Waals surface area contributed by atoms with Gasteiger partial charge in [0.25, 0.3) is 0 Å². The molecule has 0 radical (unpaired) electrons. The fourth-order valence-electron chi connectivity index (χ4n) is 3.50. The third-order valence-electron chi connectivity index (χ3n) is 5.31. The molecule has 0 saturated heterocycles. The molecule has 1 aromatic heterocycles. The Balaban J connectivity index is 2.16. The third kappa shape index (κ3) is 4.98. The van der Waals surface area contributed by atoms with Crippen LogP contribution in [-0.4, -0.2) is 14.8 Å². The predicted octanol–water partition coefficient (Wildman–Crippen LogP) is 5.19. The molecular weight excluding hydrogens is 350 g/mol. The van der Waals surface area contributed by atoms with E-state index in [0.717, 1.165) is 36.9 Å². The Morgan fingerprint density at radius 1 is 0.893 bits per heavy atom. The Bertz CT molecular complexity index is 861. The van der Waals surface area contributed by atoms with Crippen LogP contribution in [0.4, 0.5) is 0 Å². The molecule has 0 aliphatic heterocycles. The number of pyridine rings is 1. The van der Waals surface area contributed by atoms with Crippen LogP contribution in [0, 0.1) is 6.92 Å². The molecule has 0 aliphatic rings. The molecule has 2 N–H and O–H groups in total. The largest absolute Gasteiger partial charge is 0.507 e. The summed E-state index contributed by atoms with van der Waals surface area (Å²) in [6.45, 7) is 15.3. The summed E-state index contributed by atoms with van der Waals surface area (Å²) in [5, 5.41) is 20.6. The SMILES string of the molecule is Cc1c(O)c(=O)ccn1CCCCc1cc(C(C)(C)C)c(O)c(C(C)(C)C)c1. The fraction of sp³-hybridized carbons (Fsp3) is 0.542. The van der Waals surface area contributed by atoms with Crippen LogP contribution in [-0.2, 0) is 23.8 Å². The zero-order valence-corrected chi connectivity index (χ0v) is 18.4. The maximum Gasteiger partial charge on any atom is 0.223 e. The summed E-state index contributed by atoms with van der Waals surface area (Å²) >= 11 is 0. The van der Waals surface area contributed by atoms with Crippen molar-refractivity contribution in [3.63, 3.8) is 0 Å². The Morgan fingerprint density at radius 3 is 1.93 bits per heavy atom. The van der Waals surface area contributed by atoms with Gasteiger partial charge in [0.05, 0.1) is 5.69 Å². The van der Waals surface area contributed by atoms with Crippen LogP contribution in [0.1, 0.15) is 76.8 Å². The summed E-state index contributed by atoms with van der Waals surface area (Å²) in [7, 11) is 0. The molecule has 0 bridgehead atoms. The summed E-state index contributed by atoms with van der Waals surface area (Å²) in [5.41, 5.74) is 3.28. The van der Waals surface area contributed by atoms with Crippen molar-refractivity contribution in [1.82, 2.24) is 4.57 Å². The molecule has 28 heavy (non-hydrogen) atoms. The summed E-state index contributed by atoms with van der Waals surface area (Å²) < 4.78 is 1.93. The summed E-state index contributed by atoms with van der Waals surface area (Å²) in [6.07, 6.45) is 4.61. The molecule has 4 heteroatoms. The predicted molar refractivity (Wildman–Crippen MR) is 116 cm³/mol. The minimum atomic E-state index is -0.331. The van der Waals surface area contributed by atoms with Gasteiger partial charge in [0.1, 0.15) is 5.75 Å². The van der Waals surface area contributed by atoms with Gasteiger partial charge in [0.2, 0.25) is 5.43 Å². The summed E-state index contributed by atoms with van der Waals surface area (Å²) in [4.78, 5) is 11.5. The summed E-state index contributed by atoms with van der Waals surface area (Å²) in [5.74, 6) is 0.258. The highest BCUT2D eigenvalue weighted by molar-refractivity contribution is 5.49. The number of nitrogens with zero attached hydrogens (tertiary/aromatic N) is 1. The molecule has 0 spiro atoms. The molecule has 154 valence electrons. The monoisotopic (exact) mass is 385 g/mol. The standard InChI is InChI=1S/C24H35NO3/c1-16-21(27)20(26)11-13-25(16)12-9-8-10-17-14-18(23(2,3)4)22(28)19(15-17)24(5,6)7/h11,13-15,27-28H,8-10,12H2,1-7H3. The number of unbranched alkanes of at least 4 members (excludes halogenated alkanes) is 1. The Labute approximate surface area is 168 Å². The molecule has 4 nitrogen and oxygen atoms in total. The number of phenolic OH excluding ortho intramolecular Hbond substituents is 1. The molecule has 1 heterocycles. The molecule has 0 saturated carbocycles. The highest BCUT2D eigenvalue weighted by atomic mass is 16.3. The van der Waals surface area contributed by atoms with Crippen molar-refractivity contribution in [3.8, 4) is 11.5 Å². The second kappa shape index (κ2) is 8.02. The van der Waals surface area contributed by atoms with Gasteiger partial charge in [-0.15, -0.1) is 0 Å². The quantitative estimate of drug-likeness (QED) is 0.697. The van der Waals surface area contributed by atoms with Crippen LogP contribution in [0.25, 0.3) is 0 Å². The average molecular weight is 386 g/mol. The highest BCUT2D eigenvalue weighted by Crippen LogP contribution is 2.40. The van der Waals surface area contributed by atoms with E-state index in [1.165, 1.54) is 11.6 Å². The Hall–Kier alpha value is -2.23. The lowest BCUT2D eigenvalue weighted by molar-refractivity contribution is 0.422. The number of rotatable bonds is 5. The molecule has 0 amide bonds. The number of aryl methyl sites for hydroxylation is 2. The van der Waals surface area contributed by atoms with Crippen LogP contribution >= 0.6 is 0 Å². The highest BCUT2D eigenvalue weighted by Gasteiger charge is 2.26. The minimum Gasteiger partial charge on any atom is -0.507 e. The smallest absolute Gasteiger partial charge is 0.223 e. The van der Waals surface area contributed by atoms with Crippen molar-refractivity contribution in [2.75, 3.05) is 0 Å². The molecule has 0 fully saturated rings. The second-order valence-corrected chi connectivity index (χ2v) is 9.80. The van der Waals surface area contributed by atoms with E-state index in [-0.39, 0.29) is 22.0 Å². The van der Waals surface area contributed by atoms with Gasteiger partial charge in [0.15, 0.2) is 5.75 Å². The van der Waals surface area contributed by atoms with Crippen molar-refractivity contribution in [1.29, 1.82) is 0 Å².